The van der Waals surface area contributed by atoms with Crippen LogP contribution in [-0.2, 0) is 6.18 Å². The van der Waals surface area contributed by atoms with Crippen LogP contribution in [0, 0.1) is 10.1 Å². The number of non-ortho nitro benzene ring substituents is 1. The van der Waals surface area contributed by atoms with Gasteiger partial charge in [0.1, 0.15) is 0 Å². The zero-order valence-electron chi connectivity index (χ0n) is 10.1. The van der Waals surface area contributed by atoms with Crippen molar-refractivity contribution in [2.75, 3.05) is 0 Å². The highest BCUT2D eigenvalue weighted by molar-refractivity contribution is 6.36. The second kappa shape index (κ2) is 5.54. The summed E-state index contributed by atoms with van der Waals surface area (Å²) in [6.45, 7) is 0. The first-order valence-electron chi connectivity index (χ1n) is 5.51. The number of nitro benzene ring substituents is 1. The Labute approximate surface area is 127 Å². The van der Waals surface area contributed by atoms with E-state index in [2.05, 4.69) is 0 Å². The first-order valence-corrected chi connectivity index (χ1v) is 6.27. The molecule has 0 atom stereocenters. The Morgan fingerprint density at radius 1 is 1.00 bits per heavy atom. The van der Waals surface area contributed by atoms with Crippen molar-refractivity contribution < 1.29 is 18.1 Å². The van der Waals surface area contributed by atoms with Crippen LogP contribution in [0.5, 0.6) is 0 Å². The van der Waals surface area contributed by atoms with Gasteiger partial charge in [0.25, 0.3) is 5.69 Å². The third kappa shape index (κ3) is 3.28. The minimum atomic E-state index is -4.66. The van der Waals surface area contributed by atoms with Crippen molar-refractivity contribution in [2.24, 2.45) is 0 Å². The molecule has 21 heavy (non-hydrogen) atoms. The molecule has 2 aromatic carbocycles. The molecule has 0 fully saturated rings. The Morgan fingerprint density at radius 2 is 1.67 bits per heavy atom. The summed E-state index contributed by atoms with van der Waals surface area (Å²) in [5.41, 5.74) is -1.79. The molecule has 8 heteroatoms. The lowest BCUT2D eigenvalue weighted by molar-refractivity contribution is -0.384. The van der Waals surface area contributed by atoms with Crippen LogP contribution < -0.4 is 0 Å². The van der Waals surface area contributed by atoms with Crippen molar-refractivity contribution in [3.05, 3.63) is 62.1 Å². The van der Waals surface area contributed by atoms with Crippen molar-refractivity contribution in [1.29, 1.82) is 0 Å². The zero-order chi connectivity index (χ0) is 15.8. The van der Waals surface area contributed by atoms with Crippen LogP contribution in [0.3, 0.4) is 0 Å². The molecule has 0 amide bonds. The number of hydrogen-bond donors (Lipinski definition) is 0. The average Bonchev–Trinajstić information content (AvgIpc) is 2.36. The monoisotopic (exact) mass is 335 g/mol. The van der Waals surface area contributed by atoms with E-state index in [0.717, 1.165) is 12.1 Å². The topological polar surface area (TPSA) is 43.1 Å². The van der Waals surface area contributed by atoms with E-state index in [1.807, 2.05) is 0 Å². The van der Waals surface area contributed by atoms with Gasteiger partial charge < -0.3 is 0 Å². The molecule has 0 spiro atoms. The van der Waals surface area contributed by atoms with Gasteiger partial charge in [-0.15, -0.1) is 0 Å². The molecule has 2 aromatic rings. The summed E-state index contributed by atoms with van der Waals surface area (Å²) < 4.78 is 39.1. The van der Waals surface area contributed by atoms with E-state index in [1.165, 1.54) is 18.2 Å². The Balaban J connectivity index is 2.74. The van der Waals surface area contributed by atoms with Gasteiger partial charge in [0.05, 0.1) is 10.5 Å². The number of hydrogen-bond acceptors (Lipinski definition) is 2. The first-order chi connectivity index (χ1) is 9.70. The number of nitro groups is 1. The predicted octanol–water partition coefficient (Wildman–Crippen LogP) is 5.59. The van der Waals surface area contributed by atoms with Crippen molar-refractivity contribution >= 4 is 28.9 Å². The largest absolute Gasteiger partial charge is 0.417 e. The number of alkyl halides is 3. The van der Waals surface area contributed by atoms with Gasteiger partial charge in [0.15, 0.2) is 0 Å². The van der Waals surface area contributed by atoms with E-state index >= 15 is 0 Å². The summed E-state index contributed by atoms with van der Waals surface area (Å²) >= 11 is 11.6. The van der Waals surface area contributed by atoms with Gasteiger partial charge in [-0.2, -0.15) is 13.2 Å². The maximum Gasteiger partial charge on any atom is 0.417 e. The average molecular weight is 336 g/mol. The molecule has 0 N–H and O–H groups in total. The Kier molecular flexibility index (Phi) is 4.11. The minimum Gasteiger partial charge on any atom is -0.258 e. The van der Waals surface area contributed by atoms with Gasteiger partial charge in [0, 0.05) is 33.3 Å². The lowest BCUT2D eigenvalue weighted by atomic mass is 9.98. The second-order valence-electron chi connectivity index (χ2n) is 4.11. The highest BCUT2D eigenvalue weighted by Crippen LogP contribution is 2.41. The second-order valence-corrected chi connectivity index (χ2v) is 4.95. The summed E-state index contributed by atoms with van der Waals surface area (Å²) in [7, 11) is 0. The Morgan fingerprint density at radius 3 is 2.19 bits per heavy atom. The molecule has 0 aliphatic rings. The fourth-order valence-corrected chi connectivity index (χ4v) is 2.33. The highest BCUT2D eigenvalue weighted by Gasteiger charge is 2.35. The molecule has 3 nitrogen and oxygen atoms in total. The minimum absolute atomic E-state index is 0.0199. The smallest absolute Gasteiger partial charge is 0.258 e. The summed E-state index contributed by atoms with van der Waals surface area (Å²) in [5, 5.41) is 11.0. The fourth-order valence-electron chi connectivity index (χ4n) is 1.82. The van der Waals surface area contributed by atoms with Crippen molar-refractivity contribution in [3.63, 3.8) is 0 Å². The molecule has 0 aliphatic carbocycles. The van der Waals surface area contributed by atoms with Crippen molar-refractivity contribution in [2.45, 2.75) is 6.18 Å². The molecule has 0 heterocycles. The van der Waals surface area contributed by atoms with Gasteiger partial charge in [0.2, 0.25) is 0 Å². The van der Waals surface area contributed by atoms with E-state index in [9.17, 15) is 23.3 Å². The van der Waals surface area contributed by atoms with Gasteiger partial charge in [-0.05, 0) is 18.2 Å². The molecule has 2 rings (SSSR count). The molecule has 0 radical (unpaired) electrons. The zero-order valence-corrected chi connectivity index (χ0v) is 11.6. The molecule has 110 valence electrons. The van der Waals surface area contributed by atoms with Gasteiger partial charge >= 0.3 is 6.18 Å². The molecule has 0 saturated heterocycles. The van der Waals surface area contributed by atoms with E-state index in [1.54, 1.807) is 0 Å². The molecular weight excluding hydrogens is 330 g/mol. The van der Waals surface area contributed by atoms with Crippen molar-refractivity contribution in [3.8, 4) is 11.1 Å². The molecule has 0 bridgehead atoms. The van der Waals surface area contributed by atoms with Gasteiger partial charge in [-0.1, -0.05) is 29.3 Å². The van der Waals surface area contributed by atoms with Crippen LogP contribution in [0.1, 0.15) is 5.56 Å². The normalized spacial score (nSPS) is 11.5. The molecule has 0 aromatic heterocycles. The summed E-state index contributed by atoms with van der Waals surface area (Å²) in [6.07, 6.45) is -4.66. The van der Waals surface area contributed by atoms with Gasteiger partial charge in [-0.3, -0.25) is 10.1 Å². The number of halogens is 5. The van der Waals surface area contributed by atoms with Crippen molar-refractivity contribution in [1.82, 2.24) is 0 Å². The number of nitrogens with zero attached hydrogens (tertiary/aromatic N) is 1. The molecule has 0 saturated carbocycles. The highest BCUT2D eigenvalue weighted by atomic mass is 35.5. The van der Waals surface area contributed by atoms with E-state index in [-0.39, 0.29) is 21.2 Å². The summed E-state index contributed by atoms with van der Waals surface area (Å²) in [4.78, 5) is 9.98. The summed E-state index contributed by atoms with van der Waals surface area (Å²) in [6, 6.07) is 6.24. The number of benzene rings is 2. The Hall–Kier alpha value is -1.79. The van der Waals surface area contributed by atoms with Crippen LogP contribution in [0.2, 0.25) is 10.0 Å². The fraction of sp³-hybridized carbons (Fsp3) is 0.0769. The lowest BCUT2D eigenvalue weighted by Crippen LogP contribution is -2.07. The maximum atomic E-state index is 13.0. The molecule has 0 unspecified atom stereocenters. The lowest BCUT2D eigenvalue weighted by Gasteiger charge is -2.14. The molecule has 0 aliphatic heterocycles. The SMILES string of the molecule is O=[N+]([O-])c1ccc(C(F)(F)F)c(-c2ccc(Cl)cc2Cl)c1. The quantitative estimate of drug-likeness (QED) is 0.530. The maximum absolute atomic E-state index is 13.0. The third-order valence-corrected chi connectivity index (χ3v) is 3.29. The van der Waals surface area contributed by atoms with Crippen LogP contribution in [0.15, 0.2) is 36.4 Å². The Bertz CT molecular complexity index is 717. The van der Waals surface area contributed by atoms with E-state index in [4.69, 9.17) is 23.2 Å². The van der Waals surface area contributed by atoms with Gasteiger partial charge in [-0.25, -0.2) is 0 Å². The van der Waals surface area contributed by atoms with Crippen LogP contribution >= 0.6 is 23.2 Å². The van der Waals surface area contributed by atoms with Crippen LogP contribution in [0.4, 0.5) is 18.9 Å². The van der Waals surface area contributed by atoms with Crippen LogP contribution in [-0.4, -0.2) is 4.92 Å². The van der Waals surface area contributed by atoms with E-state index < -0.39 is 22.4 Å². The molecular formula is C13H6Cl2F3NO2. The standard InChI is InChI=1S/C13H6Cl2F3NO2/c14-7-1-3-9(12(15)5-7)10-6-8(19(20)21)2-4-11(10)13(16,17)18/h1-6H. The van der Waals surface area contributed by atoms with Crippen LogP contribution in [0.25, 0.3) is 11.1 Å². The summed E-state index contributed by atoms with van der Waals surface area (Å²) in [5.74, 6) is 0. The number of rotatable bonds is 2. The third-order valence-electron chi connectivity index (χ3n) is 2.74. The van der Waals surface area contributed by atoms with E-state index in [0.29, 0.717) is 6.07 Å². The first kappa shape index (κ1) is 15.6. The predicted molar refractivity (Wildman–Crippen MR) is 73.6 cm³/mol.